The number of ketones is 1. The molecule has 0 spiro atoms. The first-order valence-corrected chi connectivity index (χ1v) is 12.6. The molecule has 1 atom stereocenters. The number of carbonyl (C=O) groups is 2. The third-order valence-electron chi connectivity index (χ3n) is 5.83. The van der Waals surface area contributed by atoms with E-state index in [1.807, 2.05) is 66.7 Å². The molecule has 0 aliphatic carbocycles. The summed E-state index contributed by atoms with van der Waals surface area (Å²) in [4.78, 5) is 25.2. The number of hydrogen-bond acceptors (Lipinski definition) is 5. The van der Waals surface area contributed by atoms with E-state index in [2.05, 4.69) is 18.2 Å². The summed E-state index contributed by atoms with van der Waals surface area (Å²) in [5, 5.41) is 9.31. The highest BCUT2D eigenvalue weighted by Gasteiger charge is 2.18. The van der Waals surface area contributed by atoms with Crippen LogP contribution in [0.2, 0.25) is 0 Å². The van der Waals surface area contributed by atoms with Crippen LogP contribution in [0, 0.1) is 0 Å². The van der Waals surface area contributed by atoms with Gasteiger partial charge in [0.15, 0.2) is 11.9 Å². The van der Waals surface area contributed by atoms with E-state index >= 15 is 0 Å². The lowest BCUT2D eigenvalue weighted by molar-refractivity contribution is -0.149. The van der Waals surface area contributed by atoms with Crippen molar-refractivity contribution in [2.24, 2.45) is 0 Å². The molecule has 6 heteroatoms. The number of benzene rings is 3. The minimum absolute atomic E-state index is 0.0502. The second kappa shape index (κ2) is 11.8. The average molecular weight is 501 g/mol. The lowest BCUT2D eigenvalue weighted by atomic mass is 10.0. The van der Waals surface area contributed by atoms with Crippen LogP contribution < -0.4 is 4.74 Å². The van der Waals surface area contributed by atoms with Crippen molar-refractivity contribution in [1.29, 1.82) is 0 Å². The predicted molar refractivity (Wildman–Crippen MR) is 143 cm³/mol. The molecule has 1 aromatic heterocycles. The molecule has 0 bridgehead atoms. The molecule has 0 saturated heterocycles. The van der Waals surface area contributed by atoms with Crippen LogP contribution in [0.25, 0.3) is 21.6 Å². The Morgan fingerprint density at radius 3 is 2.22 bits per heavy atom. The molecule has 3 aromatic carbocycles. The summed E-state index contributed by atoms with van der Waals surface area (Å²) < 4.78 is 11.4. The molecule has 1 N–H and O–H groups in total. The molecule has 36 heavy (non-hydrogen) atoms. The molecular formula is C30H28O5S. The van der Waals surface area contributed by atoms with Gasteiger partial charge < -0.3 is 14.6 Å². The Balaban J connectivity index is 1.53. The highest BCUT2D eigenvalue weighted by molar-refractivity contribution is 7.16. The molecule has 4 rings (SSSR count). The van der Waals surface area contributed by atoms with Crippen LogP contribution in [-0.4, -0.2) is 29.6 Å². The molecular weight excluding hydrogens is 472 g/mol. The van der Waals surface area contributed by atoms with Gasteiger partial charge in [0.05, 0.1) is 4.88 Å². The van der Waals surface area contributed by atoms with Gasteiger partial charge in [0, 0.05) is 23.5 Å². The fourth-order valence-electron chi connectivity index (χ4n) is 3.91. The molecule has 0 aliphatic heterocycles. The Bertz CT molecular complexity index is 1310. The normalized spacial score (nSPS) is 11.7. The summed E-state index contributed by atoms with van der Waals surface area (Å²) in [7, 11) is 0. The molecule has 0 radical (unpaired) electrons. The van der Waals surface area contributed by atoms with Crippen LogP contribution >= 0.6 is 11.3 Å². The summed E-state index contributed by atoms with van der Waals surface area (Å²) in [6.45, 7) is 4.11. The van der Waals surface area contributed by atoms with Crippen molar-refractivity contribution < 1.29 is 24.2 Å². The van der Waals surface area contributed by atoms with Crippen molar-refractivity contribution in [2.45, 2.75) is 33.0 Å². The number of hydrogen-bond donors (Lipinski definition) is 1. The van der Waals surface area contributed by atoms with Crippen molar-refractivity contribution in [1.82, 2.24) is 0 Å². The van der Waals surface area contributed by atoms with Gasteiger partial charge >= 0.3 is 5.97 Å². The van der Waals surface area contributed by atoms with E-state index < -0.39 is 12.1 Å². The Morgan fingerprint density at radius 2 is 1.61 bits per heavy atom. The standard InChI is InChI=1S/C30H28O5S/c1-3-34-27(30(32)33)17-21-9-15-25(16-10-21)35-19-29-26(23-7-5-4-6-8-23)18-28(36-29)24-13-11-22(12-14-24)20(2)31/h4-16,18,27H,3,17,19H2,1-2H3,(H,32,33). The quantitative estimate of drug-likeness (QED) is 0.227. The first kappa shape index (κ1) is 25.4. The highest BCUT2D eigenvalue weighted by atomic mass is 32.1. The van der Waals surface area contributed by atoms with E-state index in [1.165, 1.54) is 0 Å². The Labute approximate surface area is 215 Å². The van der Waals surface area contributed by atoms with Crippen LogP contribution in [0.3, 0.4) is 0 Å². The highest BCUT2D eigenvalue weighted by Crippen LogP contribution is 2.38. The fraction of sp³-hybridized carbons (Fsp3) is 0.200. The summed E-state index contributed by atoms with van der Waals surface area (Å²) >= 11 is 1.67. The summed E-state index contributed by atoms with van der Waals surface area (Å²) in [5.41, 5.74) is 4.86. The third kappa shape index (κ3) is 6.27. The number of carboxylic acid groups (broad SMARTS) is 1. The maximum Gasteiger partial charge on any atom is 0.333 e. The van der Waals surface area contributed by atoms with Crippen LogP contribution in [0.4, 0.5) is 0 Å². The first-order chi connectivity index (χ1) is 17.4. The van der Waals surface area contributed by atoms with Gasteiger partial charge in [-0.3, -0.25) is 4.79 Å². The van der Waals surface area contributed by atoms with Crippen LogP contribution in [0.5, 0.6) is 5.75 Å². The Hall–Kier alpha value is -3.74. The summed E-state index contributed by atoms with van der Waals surface area (Å²) in [5.74, 6) is -0.203. The zero-order chi connectivity index (χ0) is 25.5. The molecule has 1 heterocycles. The van der Waals surface area contributed by atoms with Gasteiger partial charge in [-0.05, 0) is 54.3 Å². The van der Waals surface area contributed by atoms with Gasteiger partial charge in [0.25, 0.3) is 0 Å². The van der Waals surface area contributed by atoms with Crippen molar-refractivity contribution >= 4 is 23.1 Å². The summed E-state index contributed by atoms with van der Waals surface area (Å²) in [6.07, 6.45) is -0.553. The maximum absolute atomic E-state index is 11.6. The van der Waals surface area contributed by atoms with Crippen LogP contribution in [0.15, 0.2) is 84.9 Å². The number of aliphatic carboxylic acids is 1. The second-order valence-electron chi connectivity index (χ2n) is 8.37. The van der Waals surface area contributed by atoms with Gasteiger partial charge in [-0.15, -0.1) is 11.3 Å². The van der Waals surface area contributed by atoms with Crippen LogP contribution in [-0.2, 0) is 22.6 Å². The SMILES string of the molecule is CCOC(Cc1ccc(OCc2sc(-c3ccc(C(C)=O)cc3)cc2-c2ccccc2)cc1)C(=O)O. The number of carbonyl (C=O) groups excluding carboxylic acids is 1. The number of ether oxygens (including phenoxy) is 2. The molecule has 1 unspecified atom stereocenters. The van der Waals surface area contributed by atoms with E-state index in [4.69, 9.17) is 9.47 Å². The molecule has 0 aliphatic rings. The topological polar surface area (TPSA) is 72.8 Å². The lowest BCUT2D eigenvalue weighted by Gasteiger charge is -2.13. The van der Waals surface area contributed by atoms with Crippen molar-refractivity contribution in [3.05, 3.63) is 101 Å². The average Bonchev–Trinajstić information content (AvgIpc) is 3.33. The van der Waals surface area contributed by atoms with E-state index in [0.29, 0.717) is 30.9 Å². The summed E-state index contributed by atoms with van der Waals surface area (Å²) in [6, 6.07) is 27.5. The monoisotopic (exact) mass is 500 g/mol. The Kier molecular flexibility index (Phi) is 8.31. The van der Waals surface area contributed by atoms with Crippen molar-refractivity contribution in [3.8, 4) is 27.3 Å². The smallest absolute Gasteiger partial charge is 0.333 e. The lowest BCUT2D eigenvalue weighted by Crippen LogP contribution is -2.26. The molecule has 5 nitrogen and oxygen atoms in total. The fourth-order valence-corrected chi connectivity index (χ4v) is 5.01. The van der Waals surface area contributed by atoms with Crippen LogP contribution in [0.1, 0.15) is 34.6 Å². The van der Waals surface area contributed by atoms with Crippen molar-refractivity contribution in [2.75, 3.05) is 6.61 Å². The first-order valence-electron chi connectivity index (χ1n) is 11.8. The van der Waals surface area contributed by atoms with Gasteiger partial charge in [0.1, 0.15) is 12.4 Å². The van der Waals surface area contributed by atoms with E-state index in [0.717, 1.165) is 32.0 Å². The van der Waals surface area contributed by atoms with E-state index in [1.54, 1.807) is 25.2 Å². The molecule has 0 fully saturated rings. The molecule has 4 aromatic rings. The van der Waals surface area contributed by atoms with Gasteiger partial charge in [0.2, 0.25) is 0 Å². The molecule has 0 saturated carbocycles. The third-order valence-corrected chi connectivity index (χ3v) is 6.99. The second-order valence-corrected chi connectivity index (χ2v) is 9.50. The van der Waals surface area contributed by atoms with Gasteiger partial charge in [-0.1, -0.05) is 66.7 Å². The largest absolute Gasteiger partial charge is 0.488 e. The van der Waals surface area contributed by atoms with E-state index in [9.17, 15) is 14.7 Å². The zero-order valence-corrected chi connectivity index (χ0v) is 21.1. The number of thiophene rings is 1. The maximum atomic E-state index is 11.6. The van der Waals surface area contributed by atoms with Crippen molar-refractivity contribution in [3.63, 3.8) is 0 Å². The number of rotatable bonds is 11. The zero-order valence-electron chi connectivity index (χ0n) is 20.3. The number of carboxylic acids is 1. The number of Topliss-reactive ketones (excluding diaryl/α,β-unsaturated/α-hetero) is 1. The van der Waals surface area contributed by atoms with Gasteiger partial charge in [-0.2, -0.15) is 0 Å². The minimum Gasteiger partial charge on any atom is -0.488 e. The predicted octanol–water partition coefficient (Wildman–Crippen LogP) is 6.90. The van der Waals surface area contributed by atoms with Gasteiger partial charge in [-0.25, -0.2) is 4.79 Å². The van der Waals surface area contributed by atoms with E-state index in [-0.39, 0.29) is 5.78 Å². The minimum atomic E-state index is -0.963. The molecule has 0 amide bonds. The molecule has 184 valence electrons. The Morgan fingerprint density at radius 1 is 0.917 bits per heavy atom.